The predicted molar refractivity (Wildman–Crippen MR) is 57.6 cm³/mol. The van der Waals surface area contributed by atoms with Gasteiger partial charge in [-0.25, -0.2) is 9.07 Å². The van der Waals surface area contributed by atoms with E-state index in [2.05, 4.69) is 15.5 Å². The molecule has 0 amide bonds. The maximum Gasteiger partial charge on any atom is 0.166 e. The fourth-order valence-corrected chi connectivity index (χ4v) is 1.66. The van der Waals surface area contributed by atoms with Crippen molar-refractivity contribution in [1.29, 1.82) is 0 Å². The molecule has 0 aliphatic heterocycles. The van der Waals surface area contributed by atoms with Gasteiger partial charge in [0.05, 0.1) is 11.9 Å². The molecule has 0 fully saturated rings. The first-order valence-corrected chi connectivity index (χ1v) is 5.34. The van der Waals surface area contributed by atoms with Crippen molar-refractivity contribution in [2.45, 2.75) is 18.8 Å². The molecule has 0 spiro atoms. The molecule has 1 heterocycles. The maximum atomic E-state index is 12.8. The van der Waals surface area contributed by atoms with Crippen molar-refractivity contribution < 1.29 is 4.39 Å². The van der Waals surface area contributed by atoms with Crippen LogP contribution in [0.4, 0.5) is 4.39 Å². The first-order valence-electron chi connectivity index (χ1n) is 4.80. The Morgan fingerprint density at radius 3 is 2.69 bits per heavy atom. The average Bonchev–Trinajstić information content (AvgIpc) is 2.77. The highest BCUT2D eigenvalue weighted by atomic mass is 35.5. The summed E-state index contributed by atoms with van der Waals surface area (Å²) in [6.07, 6.45) is 0. The second kappa shape index (κ2) is 4.57. The fourth-order valence-electron chi connectivity index (χ4n) is 1.48. The summed E-state index contributed by atoms with van der Waals surface area (Å²) in [7, 11) is 0. The second-order valence-electron chi connectivity index (χ2n) is 3.40. The van der Waals surface area contributed by atoms with Crippen molar-refractivity contribution in [3.63, 3.8) is 0 Å². The molecule has 0 bridgehead atoms. The van der Waals surface area contributed by atoms with Gasteiger partial charge in [-0.3, -0.25) is 0 Å². The van der Waals surface area contributed by atoms with E-state index in [9.17, 15) is 4.39 Å². The van der Waals surface area contributed by atoms with Crippen LogP contribution in [0, 0.1) is 5.82 Å². The Bertz CT molecular complexity index is 468. The zero-order valence-corrected chi connectivity index (χ0v) is 9.39. The summed E-state index contributed by atoms with van der Waals surface area (Å²) in [5.74, 6) is 0.585. The minimum absolute atomic E-state index is 0.0654. The Morgan fingerprint density at radius 1 is 1.38 bits per heavy atom. The van der Waals surface area contributed by atoms with Gasteiger partial charge in [-0.15, -0.1) is 16.7 Å². The van der Waals surface area contributed by atoms with Crippen molar-refractivity contribution in [2.24, 2.45) is 0 Å². The maximum absolute atomic E-state index is 12.8. The Kier molecular flexibility index (Phi) is 3.14. The predicted octanol–water partition coefficient (Wildman–Crippen LogP) is 2.16. The normalized spacial score (nSPS) is 12.7. The van der Waals surface area contributed by atoms with E-state index in [1.54, 1.807) is 16.8 Å². The Hall–Kier alpha value is -1.49. The van der Waals surface area contributed by atoms with E-state index in [-0.39, 0.29) is 17.7 Å². The minimum atomic E-state index is -0.259. The van der Waals surface area contributed by atoms with Crippen LogP contribution in [0.2, 0.25) is 0 Å². The van der Waals surface area contributed by atoms with Crippen molar-refractivity contribution >= 4 is 11.6 Å². The molecule has 84 valence electrons. The van der Waals surface area contributed by atoms with Gasteiger partial charge in [-0.2, -0.15) is 0 Å². The number of hydrogen-bond acceptors (Lipinski definition) is 3. The molecular formula is C10H10ClFN4. The summed E-state index contributed by atoms with van der Waals surface area (Å²) in [6, 6.07) is 6.18. The molecule has 2 aromatic rings. The monoisotopic (exact) mass is 240 g/mol. The lowest BCUT2D eigenvalue weighted by atomic mass is 10.1. The topological polar surface area (TPSA) is 43.6 Å². The molecule has 2 rings (SSSR count). The molecule has 6 heteroatoms. The third-order valence-corrected chi connectivity index (χ3v) is 2.64. The largest absolute Gasteiger partial charge is 0.221 e. The summed E-state index contributed by atoms with van der Waals surface area (Å²) < 4.78 is 14.4. The van der Waals surface area contributed by atoms with Crippen LogP contribution in [0.5, 0.6) is 0 Å². The third-order valence-electron chi connectivity index (χ3n) is 2.40. The van der Waals surface area contributed by atoms with Gasteiger partial charge in [-0.1, -0.05) is 12.1 Å². The highest BCUT2D eigenvalue weighted by Crippen LogP contribution is 2.18. The highest BCUT2D eigenvalue weighted by Gasteiger charge is 2.13. The Morgan fingerprint density at radius 2 is 2.06 bits per heavy atom. The standard InChI is InChI=1S/C10H10ClFN4/c1-7(8-2-4-9(12)5-3-8)16-10(6-11)13-14-15-16/h2-5,7H,6H2,1H3. The van der Waals surface area contributed by atoms with Crippen LogP contribution in [-0.4, -0.2) is 20.2 Å². The molecule has 1 aromatic carbocycles. The molecule has 0 N–H and O–H groups in total. The molecule has 0 aliphatic rings. The molecule has 1 aromatic heterocycles. The first kappa shape index (κ1) is 11.0. The summed E-state index contributed by atoms with van der Waals surface area (Å²) in [5.41, 5.74) is 0.931. The molecule has 1 atom stereocenters. The molecule has 1 unspecified atom stereocenters. The number of hydrogen-bond donors (Lipinski definition) is 0. The number of benzene rings is 1. The lowest BCUT2D eigenvalue weighted by molar-refractivity contribution is 0.527. The van der Waals surface area contributed by atoms with Crippen LogP contribution in [0.3, 0.4) is 0 Å². The van der Waals surface area contributed by atoms with Crippen LogP contribution in [-0.2, 0) is 5.88 Å². The summed E-state index contributed by atoms with van der Waals surface area (Å²) >= 11 is 5.71. The van der Waals surface area contributed by atoms with Gasteiger partial charge in [0.15, 0.2) is 5.82 Å². The first-order chi connectivity index (χ1) is 7.72. The zero-order valence-electron chi connectivity index (χ0n) is 8.64. The summed E-state index contributed by atoms with van der Waals surface area (Å²) in [6.45, 7) is 1.93. The van der Waals surface area contributed by atoms with E-state index in [4.69, 9.17) is 11.6 Å². The molecule has 16 heavy (non-hydrogen) atoms. The van der Waals surface area contributed by atoms with E-state index in [0.717, 1.165) is 5.56 Å². The number of alkyl halides is 1. The molecule has 0 radical (unpaired) electrons. The number of halogens is 2. The van der Waals surface area contributed by atoms with Crippen LogP contribution < -0.4 is 0 Å². The number of aromatic nitrogens is 4. The van der Waals surface area contributed by atoms with Gasteiger partial charge in [0, 0.05) is 0 Å². The fraction of sp³-hybridized carbons (Fsp3) is 0.300. The van der Waals surface area contributed by atoms with Gasteiger partial charge in [0.1, 0.15) is 5.82 Å². The van der Waals surface area contributed by atoms with Gasteiger partial charge >= 0.3 is 0 Å². The van der Waals surface area contributed by atoms with Crippen molar-refractivity contribution in [1.82, 2.24) is 20.2 Å². The van der Waals surface area contributed by atoms with Crippen LogP contribution in [0.25, 0.3) is 0 Å². The van der Waals surface area contributed by atoms with Gasteiger partial charge in [-0.05, 0) is 35.0 Å². The Balaban J connectivity index is 2.31. The van der Waals surface area contributed by atoms with Crippen molar-refractivity contribution in [3.05, 3.63) is 41.5 Å². The number of tetrazole rings is 1. The van der Waals surface area contributed by atoms with E-state index < -0.39 is 0 Å². The number of rotatable bonds is 3. The van der Waals surface area contributed by atoms with Crippen molar-refractivity contribution in [2.75, 3.05) is 0 Å². The quantitative estimate of drug-likeness (QED) is 0.773. The zero-order chi connectivity index (χ0) is 11.5. The van der Waals surface area contributed by atoms with Crippen LogP contribution in [0.15, 0.2) is 24.3 Å². The smallest absolute Gasteiger partial charge is 0.166 e. The second-order valence-corrected chi connectivity index (χ2v) is 3.67. The summed E-state index contributed by atoms with van der Waals surface area (Å²) in [4.78, 5) is 0. The SMILES string of the molecule is CC(c1ccc(F)cc1)n1nnnc1CCl. The van der Waals surface area contributed by atoms with E-state index in [1.165, 1.54) is 12.1 Å². The van der Waals surface area contributed by atoms with E-state index >= 15 is 0 Å². The summed E-state index contributed by atoms with van der Waals surface area (Å²) in [5, 5.41) is 11.2. The molecular weight excluding hydrogens is 231 g/mol. The van der Waals surface area contributed by atoms with Crippen LogP contribution >= 0.6 is 11.6 Å². The third kappa shape index (κ3) is 2.04. The molecule has 0 saturated carbocycles. The molecule has 0 saturated heterocycles. The van der Waals surface area contributed by atoms with E-state index in [1.807, 2.05) is 6.92 Å². The lowest BCUT2D eigenvalue weighted by Gasteiger charge is -2.12. The van der Waals surface area contributed by atoms with Crippen LogP contribution in [0.1, 0.15) is 24.4 Å². The number of nitrogens with zero attached hydrogens (tertiary/aromatic N) is 4. The highest BCUT2D eigenvalue weighted by molar-refractivity contribution is 6.16. The van der Waals surface area contributed by atoms with Gasteiger partial charge in [0.2, 0.25) is 0 Å². The van der Waals surface area contributed by atoms with Crippen molar-refractivity contribution in [3.8, 4) is 0 Å². The average molecular weight is 241 g/mol. The Labute approximate surface area is 97.0 Å². The molecule has 0 aliphatic carbocycles. The lowest BCUT2D eigenvalue weighted by Crippen LogP contribution is -2.11. The van der Waals surface area contributed by atoms with Gasteiger partial charge < -0.3 is 0 Å². The van der Waals surface area contributed by atoms with E-state index in [0.29, 0.717) is 5.82 Å². The van der Waals surface area contributed by atoms with Gasteiger partial charge in [0.25, 0.3) is 0 Å². The minimum Gasteiger partial charge on any atom is -0.221 e. The molecule has 4 nitrogen and oxygen atoms in total.